The van der Waals surface area contributed by atoms with Crippen molar-refractivity contribution >= 4 is 11.7 Å². The van der Waals surface area contributed by atoms with Crippen LogP contribution in [0.5, 0.6) is 5.75 Å². The first kappa shape index (κ1) is 28.5. The number of phenolic OH excluding ortho intramolecular Hbond substituents is 1. The SMILES string of the molecule is CCNC(=O)Nc1ccc(C2OC(CN(C)CC(O)c3cccc(O)c3)CC(c3ccc(CO)cc3)O2)cc1. The topological polar surface area (TPSA) is 124 Å². The molecule has 9 heteroatoms. The molecule has 9 nitrogen and oxygen atoms in total. The van der Waals surface area contributed by atoms with E-state index in [1.807, 2.05) is 67.4 Å². The summed E-state index contributed by atoms with van der Waals surface area (Å²) in [5, 5.41) is 35.4. The Bertz CT molecular complexity index is 1200. The van der Waals surface area contributed by atoms with Crippen LogP contribution in [0.2, 0.25) is 0 Å². The van der Waals surface area contributed by atoms with Crippen molar-refractivity contribution in [3.8, 4) is 5.75 Å². The lowest BCUT2D eigenvalue weighted by Gasteiger charge is -2.38. The number of carbonyl (C=O) groups excluding carboxylic acids is 1. The van der Waals surface area contributed by atoms with Crippen LogP contribution in [0.4, 0.5) is 10.5 Å². The molecule has 1 aliphatic rings. The number of aliphatic hydroxyl groups excluding tert-OH is 2. The fourth-order valence-corrected chi connectivity index (χ4v) is 4.65. The molecule has 1 fully saturated rings. The van der Waals surface area contributed by atoms with E-state index in [9.17, 15) is 20.1 Å². The summed E-state index contributed by atoms with van der Waals surface area (Å²) in [5.74, 6) is 0.118. The molecule has 0 bridgehead atoms. The maximum Gasteiger partial charge on any atom is 0.319 e. The van der Waals surface area contributed by atoms with E-state index in [1.165, 1.54) is 0 Å². The first-order chi connectivity index (χ1) is 18.8. The van der Waals surface area contributed by atoms with Gasteiger partial charge in [0, 0.05) is 37.3 Å². The molecular formula is C30H37N3O6. The Hall–Kier alpha value is -3.47. The number of anilines is 1. The monoisotopic (exact) mass is 535 g/mol. The van der Waals surface area contributed by atoms with Gasteiger partial charge < -0.3 is 40.3 Å². The van der Waals surface area contributed by atoms with Crippen molar-refractivity contribution in [2.45, 2.75) is 44.6 Å². The average Bonchev–Trinajstić information content (AvgIpc) is 2.93. The van der Waals surface area contributed by atoms with Crippen molar-refractivity contribution in [3.05, 3.63) is 95.1 Å². The summed E-state index contributed by atoms with van der Waals surface area (Å²) in [5.41, 5.74) is 3.95. The molecular weight excluding hydrogens is 498 g/mol. The molecule has 2 amide bonds. The van der Waals surface area contributed by atoms with Gasteiger partial charge in [-0.2, -0.15) is 0 Å². The minimum absolute atomic E-state index is 0.0247. The number of urea groups is 1. The van der Waals surface area contributed by atoms with Crippen LogP contribution in [0.1, 0.15) is 54.1 Å². The second kappa shape index (κ2) is 13.5. The largest absolute Gasteiger partial charge is 0.508 e. The van der Waals surface area contributed by atoms with Crippen molar-refractivity contribution < 1.29 is 29.6 Å². The quantitative estimate of drug-likeness (QED) is 0.263. The standard InChI is InChI=1S/C30H37N3O6/c1-3-31-30(37)32-24-13-11-22(12-14-24)29-38-26(16-28(39-29)21-9-7-20(19-34)8-10-21)17-33(2)18-27(36)23-5-4-6-25(35)15-23/h4-15,26-29,34-36H,3,16-19H2,1-2H3,(H2,31,32,37). The number of hydrogen-bond acceptors (Lipinski definition) is 7. The molecule has 3 aromatic carbocycles. The Morgan fingerprint density at radius 2 is 1.77 bits per heavy atom. The maximum absolute atomic E-state index is 11.9. The van der Waals surface area contributed by atoms with Gasteiger partial charge in [0.2, 0.25) is 0 Å². The minimum Gasteiger partial charge on any atom is -0.508 e. The Kier molecular flexibility index (Phi) is 9.91. The number of phenols is 1. The molecule has 0 saturated carbocycles. The number of aliphatic hydroxyl groups is 2. The zero-order chi connectivity index (χ0) is 27.8. The number of nitrogens with one attached hydrogen (secondary N) is 2. The number of carbonyl (C=O) groups is 1. The highest BCUT2D eigenvalue weighted by molar-refractivity contribution is 5.89. The smallest absolute Gasteiger partial charge is 0.319 e. The van der Waals surface area contributed by atoms with Crippen molar-refractivity contribution in [1.82, 2.24) is 10.2 Å². The molecule has 5 N–H and O–H groups in total. The number of hydrogen-bond donors (Lipinski definition) is 5. The van der Waals surface area contributed by atoms with Gasteiger partial charge in [-0.25, -0.2) is 4.79 Å². The summed E-state index contributed by atoms with van der Waals surface area (Å²) in [6.45, 7) is 3.29. The van der Waals surface area contributed by atoms with Crippen LogP contribution in [0.15, 0.2) is 72.8 Å². The van der Waals surface area contributed by atoms with Crippen molar-refractivity contribution in [1.29, 1.82) is 0 Å². The van der Waals surface area contributed by atoms with E-state index in [1.54, 1.807) is 24.3 Å². The number of ether oxygens (including phenoxy) is 2. The summed E-state index contributed by atoms with van der Waals surface area (Å²) in [6, 6.07) is 21.4. The molecule has 1 saturated heterocycles. The van der Waals surface area contributed by atoms with Gasteiger partial charge in [0.15, 0.2) is 6.29 Å². The molecule has 3 aromatic rings. The van der Waals surface area contributed by atoms with Crippen LogP contribution in [-0.2, 0) is 16.1 Å². The second-order valence-electron chi connectivity index (χ2n) is 9.79. The number of likely N-dealkylation sites (N-methyl/N-ethyl adjacent to an activating group) is 1. The van der Waals surface area contributed by atoms with Gasteiger partial charge in [-0.1, -0.05) is 48.5 Å². The Balaban J connectivity index is 1.47. The van der Waals surface area contributed by atoms with E-state index in [2.05, 4.69) is 10.6 Å². The summed E-state index contributed by atoms with van der Waals surface area (Å²) < 4.78 is 12.8. The highest BCUT2D eigenvalue weighted by Gasteiger charge is 2.33. The van der Waals surface area contributed by atoms with Gasteiger partial charge in [0.05, 0.1) is 24.9 Å². The minimum atomic E-state index is -0.760. The molecule has 0 aliphatic carbocycles. The van der Waals surface area contributed by atoms with Crippen LogP contribution >= 0.6 is 0 Å². The Labute approximate surface area is 229 Å². The van der Waals surface area contributed by atoms with E-state index in [4.69, 9.17) is 9.47 Å². The lowest BCUT2D eigenvalue weighted by molar-refractivity contribution is -0.252. The van der Waals surface area contributed by atoms with Gasteiger partial charge in [0.1, 0.15) is 5.75 Å². The van der Waals surface area contributed by atoms with Crippen LogP contribution < -0.4 is 10.6 Å². The van der Waals surface area contributed by atoms with Gasteiger partial charge in [-0.15, -0.1) is 0 Å². The summed E-state index contributed by atoms with van der Waals surface area (Å²) in [7, 11) is 1.92. The highest BCUT2D eigenvalue weighted by atomic mass is 16.7. The van der Waals surface area contributed by atoms with E-state index in [0.29, 0.717) is 37.3 Å². The molecule has 0 radical (unpaired) electrons. The van der Waals surface area contributed by atoms with E-state index in [-0.39, 0.29) is 30.6 Å². The van der Waals surface area contributed by atoms with Crippen LogP contribution in [0.25, 0.3) is 0 Å². The predicted molar refractivity (Wildman–Crippen MR) is 148 cm³/mol. The summed E-state index contributed by atoms with van der Waals surface area (Å²) >= 11 is 0. The zero-order valence-electron chi connectivity index (χ0n) is 22.3. The first-order valence-corrected chi connectivity index (χ1v) is 13.2. The number of benzene rings is 3. The lowest BCUT2D eigenvalue weighted by atomic mass is 9.99. The molecule has 0 aromatic heterocycles. The van der Waals surface area contributed by atoms with Crippen molar-refractivity contribution in [2.75, 3.05) is 32.0 Å². The van der Waals surface area contributed by atoms with Crippen LogP contribution in [0, 0.1) is 0 Å². The fourth-order valence-electron chi connectivity index (χ4n) is 4.65. The van der Waals surface area contributed by atoms with Crippen molar-refractivity contribution in [3.63, 3.8) is 0 Å². The number of rotatable bonds is 10. The van der Waals surface area contributed by atoms with E-state index >= 15 is 0 Å². The number of nitrogens with zero attached hydrogens (tertiary/aromatic N) is 1. The molecule has 1 aliphatic heterocycles. The third-order valence-corrected chi connectivity index (χ3v) is 6.65. The molecule has 1 heterocycles. The third kappa shape index (κ3) is 8.01. The van der Waals surface area contributed by atoms with Gasteiger partial charge in [-0.05, 0) is 54.9 Å². The zero-order valence-corrected chi connectivity index (χ0v) is 22.3. The summed E-state index contributed by atoms with van der Waals surface area (Å²) in [4.78, 5) is 13.9. The normalized spacial score (nSPS) is 20.0. The molecule has 39 heavy (non-hydrogen) atoms. The summed E-state index contributed by atoms with van der Waals surface area (Å²) in [6.07, 6.45) is -1.21. The van der Waals surface area contributed by atoms with Crippen LogP contribution in [-0.4, -0.2) is 59.0 Å². The van der Waals surface area contributed by atoms with E-state index in [0.717, 1.165) is 16.7 Å². The highest BCUT2D eigenvalue weighted by Crippen LogP contribution is 2.38. The van der Waals surface area contributed by atoms with Crippen molar-refractivity contribution in [2.24, 2.45) is 0 Å². The predicted octanol–water partition coefficient (Wildman–Crippen LogP) is 4.24. The maximum atomic E-state index is 11.9. The van der Waals surface area contributed by atoms with Gasteiger partial charge >= 0.3 is 6.03 Å². The first-order valence-electron chi connectivity index (χ1n) is 13.2. The molecule has 4 rings (SSSR count). The molecule has 4 unspecified atom stereocenters. The van der Waals surface area contributed by atoms with E-state index < -0.39 is 12.4 Å². The lowest BCUT2D eigenvalue weighted by Crippen LogP contribution is -2.39. The molecule has 0 spiro atoms. The number of aromatic hydroxyl groups is 1. The average molecular weight is 536 g/mol. The fraction of sp³-hybridized carbons (Fsp3) is 0.367. The third-order valence-electron chi connectivity index (χ3n) is 6.65. The van der Waals surface area contributed by atoms with Gasteiger partial charge in [-0.3, -0.25) is 0 Å². The van der Waals surface area contributed by atoms with Crippen LogP contribution in [0.3, 0.4) is 0 Å². The second-order valence-corrected chi connectivity index (χ2v) is 9.79. The van der Waals surface area contributed by atoms with Gasteiger partial charge in [0.25, 0.3) is 0 Å². The number of amides is 2. The molecule has 4 atom stereocenters. The Morgan fingerprint density at radius 1 is 1.05 bits per heavy atom. The Morgan fingerprint density at radius 3 is 2.44 bits per heavy atom. The molecule has 208 valence electrons.